The van der Waals surface area contributed by atoms with Gasteiger partial charge in [-0.2, -0.15) is 15.2 Å². The second-order valence-electron chi connectivity index (χ2n) is 8.33. The van der Waals surface area contributed by atoms with E-state index in [1.807, 2.05) is 0 Å². The summed E-state index contributed by atoms with van der Waals surface area (Å²) in [5, 5.41) is 9.08. The first-order valence-electron chi connectivity index (χ1n) is 11.6. The van der Waals surface area contributed by atoms with Crippen molar-refractivity contribution in [2.24, 2.45) is 11.8 Å². The maximum Gasteiger partial charge on any atom is 0.318 e. The van der Waals surface area contributed by atoms with Crippen LogP contribution in [0.5, 0.6) is 6.01 Å². The number of nitrogens with zero attached hydrogens (tertiary/aromatic N) is 4. The third-order valence-electron chi connectivity index (χ3n) is 5.20. The van der Waals surface area contributed by atoms with Crippen molar-refractivity contribution in [3.8, 4) is 12.1 Å². The summed E-state index contributed by atoms with van der Waals surface area (Å²) in [6.45, 7) is 15.6. The topological polar surface area (TPSA) is 62.0 Å². The van der Waals surface area contributed by atoms with Gasteiger partial charge in [-0.3, -0.25) is 0 Å². The molecule has 1 heterocycles. The monoisotopic (exact) mass is 402 g/mol. The van der Waals surface area contributed by atoms with E-state index in [4.69, 9.17) is 20.0 Å². The van der Waals surface area contributed by atoms with Crippen LogP contribution >= 0.6 is 0 Å². The van der Waals surface area contributed by atoms with E-state index in [0.29, 0.717) is 30.9 Å². The second-order valence-corrected chi connectivity index (χ2v) is 8.33. The molecule has 0 N–H and O–H groups in total. The molecule has 2 atom stereocenters. The Balaban J connectivity index is 3.19. The van der Waals surface area contributed by atoms with Crippen molar-refractivity contribution in [1.82, 2.24) is 9.97 Å². The number of aromatic nitrogens is 2. The highest BCUT2D eigenvalue weighted by molar-refractivity contribution is 5.50. The molecule has 0 unspecified atom stereocenters. The molecule has 0 amide bonds. The van der Waals surface area contributed by atoms with Crippen LogP contribution in [0.1, 0.15) is 91.3 Å². The number of anilines is 1. The van der Waals surface area contributed by atoms with Gasteiger partial charge in [0.1, 0.15) is 5.82 Å². The molecule has 0 radical (unpaired) electrons. The number of aryl methyl sites for hydroxylation is 1. The highest BCUT2D eigenvalue weighted by Gasteiger charge is 2.20. The Morgan fingerprint density at radius 1 is 1.03 bits per heavy atom. The Hall–Kier alpha value is -1.83. The largest absolute Gasteiger partial charge is 0.463 e. The minimum atomic E-state index is 0.305. The maximum absolute atomic E-state index is 9.08. The highest BCUT2D eigenvalue weighted by atomic mass is 16.5. The van der Waals surface area contributed by atoms with Crippen molar-refractivity contribution in [2.75, 3.05) is 24.6 Å². The summed E-state index contributed by atoms with van der Waals surface area (Å²) in [4.78, 5) is 12.0. The summed E-state index contributed by atoms with van der Waals surface area (Å²) in [5.74, 6) is 1.82. The molecule has 164 valence electrons. The molecule has 0 saturated heterocycles. The standard InChI is InChI=1S/C24H42N4O/c1-7-11-13-20(6)18-29-24-26-22(10-4)21(12-8-2)23(27-24)28(16-9-3)17-19(5)14-15-25/h19-20H,7-14,16-18H2,1-6H3/t19-,20-/m0/s1. The molecule has 0 aromatic carbocycles. The number of unbranched alkanes of at least 4 members (excludes halogenated alkanes) is 1. The summed E-state index contributed by atoms with van der Waals surface area (Å²) < 4.78 is 6.06. The number of ether oxygens (including phenoxy) is 1. The lowest BCUT2D eigenvalue weighted by Crippen LogP contribution is -2.32. The number of hydrogen-bond donors (Lipinski definition) is 0. The van der Waals surface area contributed by atoms with Crippen molar-refractivity contribution in [3.63, 3.8) is 0 Å². The van der Waals surface area contributed by atoms with Gasteiger partial charge in [0.25, 0.3) is 0 Å². The molecule has 0 fully saturated rings. The molecule has 0 aliphatic heterocycles. The van der Waals surface area contributed by atoms with Gasteiger partial charge in [-0.25, -0.2) is 0 Å². The van der Waals surface area contributed by atoms with E-state index in [9.17, 15) is 0 Å². The van der Waals surface area contributed by atoms with Gasteiger partial charge < -0.3 is 9.64 Å². The molecule has 5 heteroatoms. The highest BCUT2D eigenvalue weighted by Crippen LogP contribution is 2.27. The summed E-state index contributed by atoms with van der Waals surface area (Å²) in [5.41, 5.74) is 2.35. The molecule has 5 nitrogen and oxygen atoms in total. The van der Waals surface area contributed by atoms with E-state index in [-0.39, 0.29) is 0 Å². The van der Waals surface area contributed by atoms with Crippen molar-refractivity contribution in [3.05, 3.63) is 11.3 Å². The molecule has 1 aromatic rings. The molecule has 0 aliphatic carbocycles. The van der Waals surface area contributed by atoms with Crippen molar-refractivity contribution < 1.29 is 4.74 Å². The average Bonchev–Trinajstić information content (AvgIpc) is 2.71. The third kappa shape index (κ3) is 8.60. The molecule has 0 saturated carbocycles. The van der Waals surface area contributed by atoms with Gasteiger partial charge in [0.15, 0.2) is 0 Å². The molecule has 1 aromatic heterocycles. The van der Waals surface area contributed by atoms with Gasteiger partial charge in [-0.05, 0) is 37.5 Å². The lowest BCUT2D eigenvalue weighted by atomic mass is 10.0. The first-order valence-corrected chi connectivity index (χ1v) is 11.6. The first kappa shape index (κ1) is 25.2. The Bertz CT molecular complexity index is 626. The predicted molar refractivity (Wildman–Crippen MR) is 121 cm³/mol. The van der Waals surface area contributed by atoms with Crippen molar-refractivity contribution in [1.29, 1.82) is 5.26 Å². The Kier molecular flexibility index (Phi) is 12.3. The molecule has 0 bridgehead atoms. The van der Waals surface area contributed by atoms with E-state index in [2.05, 4.69) is 52.5 Å². The molecule has 29 heavy (non-hydrogen) atoms. The first-order chi connectivity index (χ1) is 14.0. The fraction of sp³-hybridized carbons (Fsp3) is 0.792. The average molecular weight is 403 g/mol. The third-order valence-corrected chi connectivity index (χ3v) is 5.20. The van der Waals surface area contributed by atoms with E-state index in [1.54, 1.807) is 0 Å². The van der Waals surface area contributed by atoms with E-state index >= 15 is 0 Å². The summed E-state index contributed by atoms with van der Waals surface area (Å²) in [6.07, 6.45) is 8.13. The predicted octanol–water partition coefficient (Wildman–Crippen LogP) is 5.96. The van der Waals surface area contributed by atoms with Gasteiger partial charge in [0.2, 0.25) is 0 Å². The Labute approximate surface area is 178 Å². The smallest absolute Gasteiger partial charge is 0.318 e. The zero-order valence-corrected chi connectivity index (χ0v) is 19.6. The zero-order valence-electron chi connectivity index (χ0n) is 19.6. The number of nitriles is 1. The number of rotatable bonds is 15. The van der Waals surface area contributed by atoms with Crippen LogP contribution in [0.3, 0.4) is 0 Å². The van der Waals surface area contributed by atoms with Crippen LogP contribution in [-0.2, 0) is 12.8 Å². The minimum Gasteiger partial charge on any atom is -0.463 e. The summed E-state index contributed by atoms with van der Waals surface area (Å²) in [7, 11) is 0. The van der Waals surface area contributed by atoms with Crippen molar-refractivity contribution in [2.45, 2.75) is 92.9 Å². The zero-order chi connectivity index (χ0) is 21.6. The lowest BCUT2D eigenvalue weighted by Gasteiger charge is -2.29. The summed E-state index contributed by atoms with van der Waals surface area (Å²) >= 11 is 0. The van der Waals surface area contributed by atoms with Crippen LogP contribution in [0.15, 0.2) is 0 Å². The second kappa shape index (κ2) is 14.2. The van der Waals surface area contributed by atoms with E-state index in [1.165, 1.54) is 24.8 Å². The van der Waals surface area contributed by atoms with Gasteiger partial charge in [-0.15, -0.1) is 0 Å². The maximum atomic E-state index is 9.08. The van der Waals surface area contributed by atoms with Crippen LogP contribution in [0.4, 0.5) is 5.82 Å². The van der Waals surface area contributed by atoms with Crippen molar-refractivity contribution >= 4 is 5.82 Å². The Morgan fingerprint density at radius 3 is 2.38 bits per heavy atom. The molecular formula is C24H42N4O. The van der Waals surface area contributed by atoms with Gasteiger partial charge >= 0.3 is 6.01 Å². The van der Waals surface area contributed by atoms with Crippen LogP contribution in [0.2, 0.25) is 0 Å². The number of hydrogen-bond acceptors (Lipinski definition) is 5. The van der Waals surface area contributed by atoms with Gasteiger partial charge in [0.05, 0.1) is 18.4 Å². The van der Waals surface area contributed by atoms with Crippen LogP contribution in [0.25, 0.3) is 0 Å². The SMILES string of the molecule is CCCC[C@H](C)COc1nc(CC)c(CCC)c(N(CCC)C[C@@H](C)CC#N)n1. The van der Waals surface area contributed by atoms with Crippen LogP contribution in [0, 0.1) is 23.2 Å². The van der Waals surface area contributed by atoms with E-state index in [0.717, 1.165) is 50.3 Å². The molecule has 1 rings (SSSR count). The fourth-order valence-corrected chi connectivity index (χ4v) is 3.62. The summed E-state index contributed by atoms with van der Waals surface area (Å²) in [6, 6.07) is 2.81. The normalized spacial score (nSPS) is 13.0. The van der Waals surface area contributed by atoms with Crippen LogP contribution in [-0.4, -0.2) is 29.7 Å². The van der Waals surface area contributed by atoms with Crippen LogP contribution < -0.4 is 9.64 Å². The molecular weight excluding hydrogens is 360 g/mol. The van der Waals surface area contributed by atoms with Gasteiger partial charge in [0, 0.05) is 25.1 Å². The quantitative estimate of drug-likeness (QED) is 0.362. The Morgan fingerprint density at radius 2 is 1.79 bits per heavy atom. The molecule has 0 aliphatic rings. The lowest BCUT2D eigenvalue weighted by molar-refractivity contribution is 0.231. The van der Waals surface area contributed by atoms with Gasteiger partial charge in [-0.1, -0.05) is 60.8 Å². The van der Waals surface area contributed by atoms with E-state index < -0.39 is 0 Å². The fourth-order valence-electron chi connectivity index (χ4n) is 3.62. The molecule has 0 spiro atoms. The minimum absolute atomic E-state index is 0.305.